The number of rotatable bonds is 6. The van der Waals surface area contributed by atoms with E-state index in [0.29, 0.717) is 22.2 Å². The van der Waals surface area contributed by atoms with Crippen LogP contribution in [0.15, 0.2) is 30.3 Å². The Morgan fingerprint density at radius 3 is 2.29 bits per heavy atom. The standard InChI is InChI=1S/C18H21ClN2O3/c1-11-6-5-7-12(2)18(11)20-10-17(22)21-14-9-15(23-3)13(19)8-16(14)24-4/h5-9,20H,10H2,1-4H3,(H,21,22). The Kier molecular flexibility index (Phi) is 5.93. The van der Waals surface area contributed by atoms with Gasteiger partial charge in [-0.15, -0.1) is 0 Å². The molecule has 0 fully saturated rings. The van der Waals surface area contributed by atoms with E-state index in [9.17, 15) is 4.79 Å². The van der Waals surface area contributed by atoms with Crippen LogP contribution in [0.5, 0.6) is 11.5 Å². The Morgan fingerprint density at radius 2 is 1.71 bits per heavy atom. The minimum Gasteiger partial charge on any atom is -0.495 e. The van der Waals surface area contributed by atoms with Crippen LogP contribution in [0, 0.1) is 13.8 Å². The van der Waals surface area contributed by atoms with E-state index in [0.717, 1.165) is 16.8 Å². The summed E-state index contributed by atoms with van der Waals surface area (Å²) in [4.78, 5) is 12.3. The number of ether oxygens (including phenoxy) is 2. The van der Waals surface area contributed by atoms with Crippen LogP contribution in [0.3, 0.4) is 0 Å². The van der Waals surface area contributed by atoms with Crippen molar-refractivity contribution in [2.24, 2.45) is 0 Å². The van der Waals surface area contributed by atoms with Crippen molar-refractivity contribution in [2.45, 2.75) is 13.8 Å². The fraction of sp³-hybridized carbons (Fsp3) is 0.278. The van der Waals surface area contributed by atoms with Crippen LogP contribution in [-0.2, 0) is 4.79 Å². The second-order valence-electron chi connectivity index (χ2n) is 5.36. The van der Waals surface area contributed by atoms with E-state index in [4.69, 9.17) is 21.1 Å². The van der Waals surface area contributed by atoms with E-state index >= 15 is 0 Å². The number of halogens is 1. The Bertz CT molecular complexity index is 727. The molecule has 6 heteroatoms. The number of carbonyl (C=O) groups is 1. The third-order valence-electron chi connectivity index (χ3n) is 3.65. The van der Waals surface area contributed by atoms with Crippen LogP contribution in [0.1, 0.15) is 11.1 Å². The quantitative estimate of drug-likeness (QED) is 0.827. The zero-order chi connectivity index (χ0) is 17.7. The lowest BCUT2D eigenvalue weighted by molar-refractivity contribution is -0.114. The van der Waals surface area contributed by atoms with Gasteiger partial charge in [0.1, 0.15) is 11.5 Å². The van der Waals surface area contributed by atoms with Crippen molar-refractivity contribution in [3.05, 3.63) is 46.5 Å². The third kappa shape index (κ3) is 4.11. The van der Waals surface area contributed by atoms with E-state index in [1.165, 1.54) is 14.2 Å². The predicted molar refractivity (Wildman–Crippen MR) is 97.6 cm³/mol. The molecular weight excluding hydrogens is 328 g/mol. The summed E-state index contributed by atoms with van der Waals surface area (Å²) in [5.41, 5.74) is 3.66. The molecule has 0 aliphatic heterocycles. The van der Waals surface area contributed by atoms with Crippen molar-refractivity contribution in [3.8, 4) is 11.5 Å². The minimum atomic E-state index is -0.194. The molecule has 2 aromatic rings. The fourth-order valence-corrected chi connectivity index (χ4v) is 2.65. The Morgan fingerprint density at radius 1 is 1.08 bits per heavy atom. The maximum Gasteiger partial charge on any atom is 0.243 e. The molecule has 128 valence electrons. The minimum absolute atomic E-state index is 0.139. The smallest absolute Gasteiger partial charge is 0.243 e. The van der Waals surface area contributed by atoms with Crippen molar-refractivity contribution in [2.75, 3.05) is 31.4 Å². The number of anilines is 2. The second kappa shape index (κ2) is 7.93. The number of aryl methyl sites for hydroxylation is 2. The third-order valence-corrected chi connectivity index (χ3v) is 3.95. The summed E-state index contributed by atoms with van der Waals surface area (Å²) in [6.07, 6.45) is 0. The van der Waals surface area contributed by atoms with Crippen molar-refractivity contribution >= 4 is 28.9 Å². The van der Waals surface area contributed by atoms with Crippen molar-refractivity contribution < 1.29 is 14.3 Å². The SMILES string of the molecule is COc1cc(NC(=O)CNc2c(C)cccc2C)c(OC)cc1Cl. The highest BCUT2D eigenvalue weighted by molar-refractivity contribution is 6.32. The maximum atomic E-state index is 12.3. The van der Waals surface area contributed by atoms with E-state index in [2.05, 4.69) is 10.6 Å². The van der Waals surface area contributed by atoms with Crippen LogP contribution in [0.4, 0.5) is 11.4 Å². The number of hydrogen-bond donors (Lipinski definition) is 2. The molecule has 0 heterocycles. The second-order valence-corrected chi connectivity index (χ2v) is 5.76. The number of para-hydroxylation sites is 1. The lowest BCUT2D eigenvalue weighted by Crippen LogP contribution is -2.22. The molecule has 0 radical (unpaired) electrons. The number of carbonyl (C=O) groups excluding carboxylic acids is 1. The molecule has 0 saturated heterocycles. The Hall–Kier alpha value is -2.40. The molecule has 0 unspecified atom stereocenters. The summed E-state index contributed by atoms with van der Waals surface area (Å²) < 4.78 is 10.4. The molecule has 2 aromatic carbocycles. The zero-order valence-electron chi connectivity index (χ0n) is 14.2. The number of nitrogens with one attached hydrogen (secondary N) is 2. The largest absolute Gasteiger partial charge is 0.495 e. The molecule has 0 bridgehead atoms. The van der Waals surface area contributed by atoms with Crippen molar-refractivity contribution in [1.29, 1.82) is 0 Å². The zero-order valence-corrected chi connectivity index (χ0v) is 15.0. The molecule has 1 amide bonds. The monoisotopic (exact) mass is 348 g/mol. The van der Waals surface area contributed by atoms with E-state index in [1.54, 1.807) is 12.1 Å². The van der Waals surface area contributed by atoms with Gasteiger partial charge in [0.05, 0.1) is 31.5 Å². The van der Waals surface area contributed by atoms with Gasteiger partial charge in [0.2, 0.25) is 5.91 Å². The normalized spacial score (nSPS) is 10.2. The van der Waals surface area contributed by atoms with Crippen molar-refractivity contribution in [1.82, 2.24) is 0 Å². The van der Waals surface area contributed by atoms with Gasteiger partial charge in [-0.1, -0.05) is 29.8 Å². The predicted octanol–water partition coefficient (Wildman–Crippen LogP) is 4.02. The highest BCUT2D eigenvalue weighted by Gasteiger charge is 2.13. The van der Waals surface area contributed by atoms with Crippen LogP contribution in [-0.4, -0.2) is 26.7 Å². The highest BCUT2D eigenvalue weighted by Crippen LogP contribution is 2.35. The molecule has 0 spiro atoms. The van der Waals surface area contributed by atoms with Crippen LogP contribution >= 0.6 is 11.6 Å². The molecule has 2 rings (SSSR count). The van der Waals surface area contributed by atoms with Gasteiger partial charge in [-0.25, -0.2) is 0 Å². The van der Waals surface area contributed by atoms with Gasteiger partial charge in [0.25, 0.3) is 0 Å². The lowest BCUT2D eigenvalue weighted by atomic mass is 10.1. The average molecular weight is 349 g/mol. The van der Waals surface area contributed by atoms with Gasteiger partial charge in [-0.3, -0.25) is 4.79 Å². The fourth-order valence-electron chi connectivity index (χ4n) is 2.41. The summed E-state index contributed by atoms with van der Waals surface area (Å²) >= 11 is 6.06. The van der Waals surface area contributed by atoms with E-state index in [1.807, 2.05) is 32.0 Å². The Balaban J connectivity index is 2.10. The van der Waals surface area contributed by atoms with Crippen LogP contribution < -0.4 is 20.1 Å². The van der Waals surface area contributed by atoms with Gasteiger partial charge < -0.3 is 20.1 Å². The van der Waals surface area contributed by atoms with Gasteiger partial charge in [0, 0.05) is 17.8 Å². The molecule has 0 aliphatic carbocycles. The van der Waals surface area contributed by atoms with Crippen molar-refractivity contribution in [3.63, 3.8) is 0 Å². The first-order valence-electron chi connectivity index (χ1n) is 7.47. The van der Waals surface area contributed by atoms with Gasteiger partial charge >= 0.3 is 0 Å². The van der Waals surface area contributed by atoms with E-state index in [-0.39, 0.29) is 12.5 Å². The molecule has 24 heavy (non-hydrogen) atoms. The number of methoxy groups -OCH3 is 2. The van der Waals surface area contributed by atoms with Gasteiger partial charge in [-0.2, -0.15) is 0 Å². The first-order valence-corrected chi connectivity index (χ1v) is 7.85. The van der Waals surface area contributed by atoms with Crippen LogP contribution in [0.25, 0.3) is 0 Å². The number of hydrogen-bond acceptors (Lipinski definition) is 4. The lowest BCUT2D eigenvalue weighted by Gasteiger charge is -2.15. The molecule has 0 aromatic heterocycles. The van der Waals surface area contributed by atoms with Gasteiger partial charge in [0.15, 0.2) is 0 Å². The Labute approximate surface area is 146 Å². The molecule has 2 N–H and O–H groups in total. The maximum absolute atomic E-state index is 12.3. The summed E-state index contributed by atoms with van der Waals surface area (Å²) in [6, 6.07) is 9.23. The summed E-state index contributed by atoms with van der Waals surface area (Å²) in [6.45, 7) is 4.14. The number of benzene rings is 2. The first kappa shape index (κ1) is 17.9. The summed E-state index contributed by atoms with van der Waals surface area (Å²) in [7, 11) is 3.03. The van der Waals surface area contributed by atoms with E-state index < -0.39 is 0 Å². The summed E-state index contributed by atoms with van der Waals surface area (Å²) in [5.74, 6) is 0.747. The first-order chi connectivity index (χ1) is 11.5. The summed E-state index contributed by atoms with van der Waals surface area (Å²) in [5, 5.41) is 6.39. The molecular formula is C18H21ClN2O3. The highest BCUT2D eigenvalue weighted by atomic mass is 35.5. The average Bonchev–Trinajstić information content (AvgIpc) is 2.55. The van der Waals surface area contributed by atoms with Crippen LogP contribution in [0.2, 0.25) is 5.02 Å². The molecule has 0 atom stereocenters. The topological polar surface area (TPSA) is 59.6 Å². The molecule has 0 saturated carbocycles. The molecule has 0 aliphatic rings. The van der Waals surface area contributed by atoms with Gasteiger partial charge in [-0.05, 0) is 25.0 Å². The number of amides is 1. The molecule has 5 nitrogen and oxygen atoms in total.